The summed E-state index contributed by atoms with van der Waals surface area (Å²) < 4.78 is 0. The molecule has 0 N–H and O–H groups in total. The molecule has 1 aliphatic rings. The van der Waals surface area contributed by atoms with Gasteiger partial charge in [0.15, 0.2) is 0 Å². The molecule has 0 atom stereocenters. The number of benzene rings is 1. The van der Waals surface area contributed by atoms with Crippen LogP contribution in [-0.4, -0.2) is 13.1 Å². The lowest BCUT2D eigenvalue weighted by Crippen LogP contribution is -2.17. The first-order valence-corrected chi connectivity index (χ1v) is 5.31. The third-order valence-corrected chi connectivity index (χ3v) is 2.71. The Morgan fingerprint density at radius 3 is 2.40 bits per heavy atom. The van der Waals surface area contributed by atoms with Crippen molar-refractivity contribution >= 4 is 11.8 Å². The molecule has 0 unspecified atom stereocenters. The lowest BCUT2D eigenvalue weighted by atomic mass is 10.2. The van der Waals surface area contributed by atoms with E-state index in [1.165, 1.54) is 37.7 Å². The second kappa shape index (κ2) is 4.65. The van der Waals surface area contributed by atoms with Crippen LogP contribution in [0.3, 0.4) is 0 Å². The number of anilines is 1. The Labute approximate surface area is 90.4 Å². The van der Waals surface area contributed by atoms with Gasteiger partial charge in [0.2, 0.25) is 0 Å². The summed E-state index contributed by atoms with van der Waals surface area (Å²) in [5, 5.41) is 8.41. The number of nitriles is 1. The molecular formula is C13H14N2. The van der Waals surface area contributed by atoms with E-state index in [0.29, 0.717) is 0 Å². The van der Waals surface area contributed by atoms with Gasteiger partial charge in [0.25, 0.3) is 0 Å². The summed E-state index contributed by atoms with van der Waals surface area (Å²) >= 11 is 0. The van der Waals surface area contributed by atoms with Crippen molar-refractivity contribution in [2.24, 2.45) is 0 Å². The molecule has 1 fully saturated rings. The van der Waals surface area contributed by atoms with E-state index in [1.54, 1.807) is 0 Å². The summed E-state index contributed by atoms with van der Waals surface area (Å²) in [6.07, 6.45) is 5.94. The highest BCUT2D eigenvalue weighted by molar-refractivity contribution is 5.57. The first-order valence-electron chi connectivity index (χ1n) is 5.31. The van der Waals surface area contributed by atoms with Gasteiger partial charge in [0.05, 0.1) is 6.07 Å². The van der Waals surface area contributed by atoms with Crippen molar-refractivity contribution in [1.29, 1.82) is 5.26 Å². The van der Waals surface area contributed by atoms with Crippen LogP contribution < -0.4 is 4.90 Å². The number of hydrogen-bond donors (Lipinski definition) is 0. The number of allylic oxidation sites excluding steroid dienone is 1. The zero-order valence-corrected chi connectivity index (χ0v) is 8.69. The fourth-order valence-electron chi connectivity index (χ4n) is 1.91. The average molecular weight is 198 g/mol. The van der Waals surface area contributed by atoms with Gasteiger partial charge in [0, 0.05) is 24.9 Å². The average Bonchev–Trinajstić information content (AvgIpc) is 2.80. The molecular weight excluding hydrogens is 184 g/mol. The minimum atomic E-state index is 1.08. The largest absolute Gasteiger partial charge is 0.372 e. The maximum atomic E-state index is 8.41. The summed E-state index contributed by atoms with van der Waals surface area (Å²) in [7, 11) is 0. The van der Waals surface area contributed by atoms with Crippen LogP contribution in [0, 0.1) is 11.3 Å². The highest BCUT2D eigenvalue weighted by Gasteiger charge is 2.11. The molecule has 1 aliphatic heterocycles. The SMILES string of the molecule is N#CC=Cc1ccc(N2CCCC2)cc1. The highest BCUT2D eigenvalue weighted by atomic mass is 15.1. The molecule has 2 nitrogen and oxygen atoms in total. The molecule has 1 aromatic rings. The van der Waals surface area contributed by atoms with Crippen molar-refractivity contribution in [2.75, 3.05) is 18.0 Å². The molecule has 76 valence electrons. The van der Waals surface area contributed by atoms with Gasteiger partial charge in [-0.25, -0.2) is 0 Å². The van der Waals surface area contributed by atoms with E-state index in [1.807, 2.05) is 12.1 Å². The molecule has 1 aromatic carbocycles. The second-order valence-electron chi connectivity index (χ2n) is 3.75. The number of rotatable bonds is 2. The van der Waals surface area contributed by atoms with Crippen LogP contribution >= 0.6 is 0 Å². The molecule has 1 heterocycles. The van der Waals surface area contributed by atoms with Gasteiger partial charge in [-0.05, 0) is 36.6 Å². The Hall–Kier alpha value is -1.75. The summed E-state index contributed by atoms with van der Waals surface area (Å²) in [4.78, 5) is 2.40. The van der Waals surface area contributed by atoms with Crippen LogP contribution in [0.2, 0.25) is 0 Å². The molecule has 0 saturated carbocycles. The van der Waals surface area contributed by atoms with Crippen molar-refractivity contribution in [3.63, 3.8) is 0 Å². The molecule has 2 rings (SSSR count). The molecule has 0 bridgehead atoms. The van der Waals surface area contributed by atoms with Crippen LogP contribution in [0.4, 0.5) is 5.69 Å². The lowest BCUT2D eigenvalue weighted by molar-refractivity contribution is 0.949. The molecule has 0 amide bonds. The quantitative estimate of drug-likeness (QED) is 0.683. The van der Waals surface area contributed by atoms with Crippen molar-refractivity contribution in [3.8, 4) is 6.07 Å². The smallest absolute Gasteiger partial charge is 0.0912 e. The van der Waals surface area contributed by atoms with E-state index in [9.17, 15) is 0 Å². The third-order valence-electron chi connectivity index (χ3n) is 2.71. The first kappa shape index (κ1) is 9.79. The van der Waals surface area contributed by atoms with E-state index in [2.05, 4.69) is 29.2 Å². The van der Waals surface area contributed by atoms with Gasteiger partial charge in [0.1, 0.15) is 0 Å². The number of hydrogen-bond acceptors (Lipinski definition) is 2. The van der Waals surface area contributed by atoms with Crippen LogP contribution in [0.5, 0.6) is 0 Å². The lowest BCUT2D eigenvalue weighted by Gasteiger charge is -2.17. The van der Waals surface area contributed by atoms with E-state index in [0.717, 1.165) is 5.56 Å². The molecule has 0 spiro atoms. The zero-order valence-electron chi connectivity index (χ0n) is 8.69. The highest BCUT2D eigenvalue weighted by Crippen LogP contribution is 2.20. The van der Waals surface area contributed by atoms with Gasteiger partial charge >= 0.3 is 0 Å². The van der Waals surface area contributed by atoms with Crippen LogP contribution in [0.1, 0.15) is 18.4 Å². The van der Waals surface area contributed by atoms with Gasteiger partial charge in [-0.1, -0.05) is 12.1 Å². The Balaban J connectivity index is 2.10. The van der Waals surface area contributed by atoms with Gasteiger partial charge in [-0.2, -0.15) is 5.26 Å². The Bertz CT molecular complexity index is 378. The topological polar surface area (TPSA) is 27.0 Å². The fraction of sp³-hybridized carbons (Fsp3) is 0.308. The zero-order chi connectivity index (χ0) is 10.5. The van der Waals surface area contributed by atoms with Gasteiger partial charge < -0.3 is 4.90 Å². The molecule has 0 aliphatic carbocycles. The molecule has 1 saturated heterocycles. The minimum absolute atomic E-state index is 1.08. The van der Waals surface area contributed by atoms with Crippen molar-refractivity contribution < 1.29 is 0 Å². The third kappa shape index (κ3) is 2.38. The normalized spacial score (nSPS) is 15.8. The van der Waals surface area contributed by atoms with Crippen molar-refractivity contribution in [2.45, 2.75) is 12.8 Å². The van der Waals surface area contributed by atoms with Crippen LogP contribution in [0.15, 0.2) is 30.3 Å². The van der Waals surface area contributed by atoms with Crippen LogP contribution in [0.25, 0.3) is 6.08 Å². The monoisotopic (exact) mass is 198 g/mol. The predicted octanol–water partition coefficient (Wildman–Crippen LogP) is 2.82. The fourth-order valence-corrected chi connectivity index (χ4v) is 1.91. The van der Waals surface area contributed by atoms with Crippen molar-refractivity contribution in [3.05, 3.63) is 35.9 Å². The first-order chi connectivity index (χ1) is 7.40. The Kier molecular flexibility index (Phi) is 3.04. The van der Waals surface area contributed by atoms with E-state index >= 15 is 0 Å². The molecule has 0 aromatic heterocycles. The molecule has 0 radical (unpaired) electrons. The number of nitrogens with zero attached hydrogens (tertiary/aromatic N) is 2. The van der Waals surface area contributed by atoms with Gasteiger partial charge in [-0.3, -0.25) is 0 Å². The maximum absolute atomic E-state index is 8.41. The Morgan fingerprint density at radius 2 is 1.80 bits per heavy atom. The standard InChI is InChI=1S/C13H14N2/c14-9-3-4-12-5-7-13(8-6-12)15-10-1-2-11-15/h3-8H,1-2,10-11H2. The summed E-state index contributed by atoms with van der Waals surface area (Å²) in [5.74, 6) is 0. The van der Waals surface area contributed by atoms with Crippen molar-refractivity contribution in [1.82, 2.24) is 0 Å². The predicted molar refractivity (Wildman–Crippen MR) is 62.5 cm³/mol. The van der Waals surface area contributed by atoms with Gasteiger partial charge in [-0.15, -0.1) is 0 Å². The second-order valence-corrected chi connectivity index (χ2v) is 3.75. The van der Waals surface area contributed by atoms with Crippen LogP contribution in [-0.2, 0) is 0 Å². The van der Waals surface area contributed by atoms with E-state index in [-0.39, 0.29) is 0 Å². The molecule has 15 heavy (non-hydrogen) atoms. The summed E-state index contributed by atoms with van der Waals surface area (Å²) in [6.45, 7) is 2.35. The molecule has 2 heteroatoms. The maximum Gasteiger partial charge on any atom is 0.0912 e. The van der Waals surface area contributed by atoms with E-state index < -0.39 is 0 Å². The minimum Gasteiger partial charge on any atom is -0.372 e. The van der Waals surface area contributed by atoms with E-state index in [4.69, 9.17) is 5.26 Å². The summed E-state index contributed by atoms with van der Waals surface area (Å²) in [6, 6.07) is 10.4. The Morgan fingerprint density at radius 1 is 1.13 bits per heavy atom. The summed E-state index contributed by atoms with van der Waals surface area (Å²) in [5.41, 5.74) is 2.38.